The maximum atomic E-state index is 12.1. The van der Waals surface area contributed by atoms with E-state index in [-0.39, 0.29) is 5.56 Å². The van der Waals surface area contributed by atoms with Gasteiger partial charge in [0.2, 0.25) is 0 Å². The van der Waals surface area contributed by atoms with Crippen LogP contribution in [0.25, 0.3) is 0 Å². The van der Waals surface area contributed by atoms with Gasteiger partial charge in [-0.25, -0.2) is 0 Å². The zero-order chi connectivity index (χ0) is 11.4. The molecule has 0 aliphatic carbocycles. The third kappa shape index (κ3) is 3.05. The molecule has 0 saturated carbocycles. The lowest BCUT2D eigenvalue weighted by molar-refractivity contribution is -0.141. The van der Waals surface area contributed by atoms with Crippen molar-refractivity contribution in [1.29, 1.82) is 0 Å². The standard InChI is InChI=1S/C7H9F3N2.C2H6/c1-3-12-4-5(2)6(11-12)7(8,9)10;1-2/h4H,3H2,1-2H3;1-2H3. The van der Waals surface area contributed by atoms with Gasteiger partial charge in [-0.15, -0.1) is 0 Å². The van der Waals surface area contributed by atoms with E-state index in [0.717, 1.165) is 0 Å². The van der Waals surface area contributed by atoms with Crippen molar-refractivity contribution in [3.63, 3.8) is 0 Å². The highest BCUT2D eigenvalue weighted by Crippen LogP contribution is 2.29. The summed E-state index contributed by atoms with van der Waals surface area (Å²) in [6.45, 7) is 7.60. The molecule has 0 radical (unpaired) electrons. The lowest BCUT2D eigenvalue weighted by atomic mass is 10.3. The summed E-state index contributed by atoms with van der Waals surface area (Å²) >= 11 is 0. The van der Waals surface area contributed by atoms with Gasteiger partial charge >= 0.3 is 6.18 Å². The minimum Gasteiger partial charge on any atom is -0.272 e. The maximum absolute atomic E-state index is 12.1. The van der Waals surface area contributed by atoms with E-state index in [1.807, 2.05) is 13.8 Å². The molecule has 1 rings (SSSR count). The van der Waals surface area contributed by atoms with Crippen molar-refractivity contribution in [3.05, 3.63) is 17.5 Å². The van der Waals surface area contributed by atoms with E-state index in [1.165, 1.54) is 17.8 Å². The largest absolute Gasteiger partial charge is 0.435 e. The van der Waals surface area contributed by atoms with Crippen molar-refractivity contribution in [2.24, 2.45) is 0 Å². The Morgan fingerprint density at radius 1 is 1.36 bits per heavy atom. The van der Waals surface area contributed by atoms with E-state index >= 15 is 0 Å². The number of aryl methyl sites for hydroxylation is 2. The van der Waals surface area contributed by atoms with Crippen LogP contribution in [0.3, 0.4) is 0 Å². The monoisotopic (exact) mass is 208 g/mol. The highest BCUT2D eigenvalue weighted by atomic mass is 19.4. The molecule has 0 saturated heterocycles. The minimum atomic E-state index is -4.33. The zero-order valence-electron chi connectivity index (χ0n) is 8.81. The molecule has 1 aromatic heterocycles. The fourth-order valence-electron chi connectivity index (χ4n) is 0.963. The van der Waals surface area contributed by atoms with Gasteiger partial charge in [0, 0.05) is 12.7 Å². The molecule has 0 amide bonds. The highest BCUT2D eigenvalue weighted by Gasteiger charge is 2.35. The number of hydrogen-bond donors (Lipinski definition) is 0. The van der Waals surface area contributed by atoms with Crippen LogP contribution in [0, 0.1) is 6.92 Å². The van der Waals surface area contributed by atoms with Crippen LogP contribution in [0.1, 0.15) is 32.0 Å². The number of hydrogen-bond acceptors (Lipinski definition) is 1. The summed E-state index contributed by atoms with van der Waals surface area (Å²) in [6, 6.07) is 0. The van der Waals surface area contributed by atoms with E-state index < -0.39 is 11.9 Å². The molecule has 82 valence electrons. The summed E-state index contributed by atoms with van der Waals surface area (Å²) < 4.78 is 37.6. The SMILES string of the molecule is CC.CCn1cc(C)c(C(F)(F)F)n1. The first-order chi connectivity index (χ1) is 6.45. The fraction of sp³-hybridized carbons (Fsp3) is 0.667. The third-order valence-electron chi connectivity index (χ3n) is 1.54. The molecule has 0 aromatic carbocycles. The first-order valence-electron chi connectivity index (χ1n) is 4.56. The molecule has 14 heavy (non-hydrogen) atoms. The molecule has 2 nitrogen and oxygen atoms in total. The van der Waals surface area contributed by atoms with Crippen LogP contribution >= 0.6 is 0 Å². The quantitative estimate of drug-likeness (QED) is 0.692. The van der Waals surface area contributed by atoms with Gasteiger partial charge in [-0.05, 0) is 19.4 Å². The molecule has 0 aliphatic heterocycles. The molecular formula is C9H15F3N2. The molecule has 0 fully saturated rings. The van der Waals surface area contributed by atoms with Crippen LogP contribution in [-0.4, -0.2) is 9.78 Å². The molecule has 0 spiro atoms. The Labute approximate surface area is 81.7 Å². The van der Waals surface area contributed by atoms with Gasteiger partial charge in [-0.1, -0.05) is 13.8 Å². The van der Waals surface area contributed by atoms with Gasteiger partial charge in [0.05, 0.1) is 0 Å². The average molecular weight is 208 g/mol. The minimum absolute atomic E-state index is 0.171. The topological polar surface area (TPSA) is 17.8 Å². The number of halogens is 3. The van der Waals surface area contributed by atoms with Crippen molar-refractivity contribution in [2.75, 3.05) is 0 Å². The first-order valence-corrected chi connectivity index (χ1v) is 4.56. The van der Waals surface area contributed by atoms with E-state index in [4.69, 9.17) is 0 Å². The van der Waals surface area contributed by atoms with Gasteiger partial charge < -0.3 is 0 Å². The molecule has 5 heteroatoms. The third-order valence-corrected chi connectivity index (χ3v) is 1.54. The smallest absolute Gasteiger partial charge is 0.272 e. The summed E-state index contributed by atoms with van der Waals surface area (Å²) in [5.41, 5.74) is -0.617. The summed E-state index contributed by atoms with van der Waals surface area (Å²) in [4.78, 5) is 0. The Morgan fingerprint density at radius 2 is 1.86 bits per heavy atom. The molecule has 1 heterocycles. The van der Waals surface area contributed by atoms with Gasteiger partial charge in [0.1, 0.15) is 0 Å². The van der Waals surface area contributed by atoms with Crippen LogP contribution in [0.2, 0.25) is 0 Å². The number of rotatable bonds is 1. The van der Waals surface area contributed by atoms with Crippen LogP contribution < -0.4 is 0 Å². The molecule has 0 bridgehead atoms. The lowest BCUT2D eigenvalue weighted by Crippen LogP contribution is -2.08. The Bertz CT molecular complexity index is 276. The molecule has 0 unspecified atom stereocenters. The molecule has 0 aliphatic rings. The summed E-state index contributed by atoms with van der Waals surface area (Å²) in [5.74, 6) is 0. The second-order valence-corrected chi connectivity index (χ2v) is 2.51. The highest BCUT2D eigenvalue weighted by molar-refractivity contribution is 5.17. The van der Waals surface area contributed by atoms with E-state index in [2.05, 4.69) is 5.10 Å². The molecular weight excluding hydrogens is 193 g/mol. The van der Waals surface area contributed by atoms with Crippen LogP contribution in [0.5, 0.6) is 0 Å². The second-order valence-electron chi connectivity index (χ2n) is 2.51. The number of nitrogens with zero attached hydrogens (tertiary/aromatic N) is 2. The van der Waals surface area contributed by atoms with Gasteiger partial charge in [0.15, 0.2) is 5.69 Å². The summed E-state index contributed by atoms with van der Waals surface area (Å²) in [5, 5.41) is 3.39. The Balaban J connectivity index is 0.000000791. The Hall–Kier alpha value is -1.00. The van der Waals surface area contributed by atoms with E-state index in [9.17, 15) is 13.2 Å². The number of aromatic nitrogens is 2. The van der Waals surface area contributed by atoms with Crippen molar-refractivity contribution in [1.82, 2.24) is 9.78 Å². The predicted molar refractivity (Wildman–Crippen MR) is 49.0 cm³/mol. The molecule has 1 aromatic rings. The van der Waals surface area contributed by atoms with Crippen LogP contribution in [0.4, 0.5) is 13.2 Å². The van der Waals surface area contributed by atoms with E-state index in [1.54, 1.807) is 6.92 Å². The zero-order valence-corrected chi connectivity index (χ0v) is 8.81. The maximum Gasteiger partial charge on any atom is 0.435 e. The van der Waals surface area contributed by atoms with Crippen molar-refractivity contribution < 1.29 is 13.2 Å². The van der Waals surface area contributed by atoms with Crippen molar-refractivity contribution in [3.8, 4) is 0 Å². The molecule has 0 atom stereocenters. The predicted octanol–water partition coefficient (Wildman–Crippen LogP) is 3.26. The van der Waals surface area contributed by atoms with E-state index in [0.29, 0.717) is 6.54 Å². The lowest BCUT2D eigenvalue weighted by Gasteiger charge is -2.01. The fourth-order valence-corrected chi connectivity index (χ4v) is 0.963. The van der Waals surface area contributed by atoms with Gasteiger partial charge in [-0.2, -0.15) is 18.3 Å². The van der Waals surface area contributed by atoms with Gasteiger partial charge in [-0.3, -0.25) is 4.68 Å². The Morgan fingerprint density at radius 3 is 2.07 bits per heavy atom. The Kier molecular flexibility index (Phi) is 4.67. The molecule has 0 N–H and O–H groups in total. The van der Waals surface area contributed by atoms with Crippen LogP contribution in [0.15, 0.2) is 6.20 Å². The first kappa shape index (κ1) is 13.0. The normalized spacial score (nSPS) is 10.8. The summed E-state index contributed by atoms with van der Waals surface area (Å²) in [7, 11) is 0. The van der Waals surface area contributed by atoms with Crippen LogP contribution in [-0.2, 0) is 12.7 Å². The van der Waals surface area contributed by atoms with Crippen molar-refractivity contribution >= 4 is 0 Å². The number of alkyl halides is 3. The van der Waals surface area contributed by atoms with Gasteiger partial charge in [0.25, 0.3) is 0 Å². The summed E-state index contributed by atoms with van der Waals surface area (Å²) in [6.07, 6.45) is -2.94. The average Bonchev–Trinajstić information content (AvgIpc) is 2.49. The second kappa shape index (κ2) is 5.02. The van der Waals surface area contributed by atoms with Crippen molar-refractivity contribution in [2.45, 2.75) is 40.4 Å².